The third-order valence-corrected chi connectivity index (χ3v) is 3.94. The fourth-order valence-corrected chi connectivity index (χ4v) is 2.61. The molecule has 6 heteroatoms. The summed E-state index contributed by atoms with van der Waals surface area (Å²) in [6, 6.07) is 5.97. The average Bonchev–Trinajstić information content (AvgIpc) is 2.60. The number of nitrogens with one attached hydrogen (secondary N) is 1. The number of carbonyl (C=O) groups is 2. The van der Waals surface area contributed by atoms with Crippen LogP contribution in [0.4, 0.5) is 0 Å². The average molecular weight is 333 g/mol. The van der Waals surface area contributed by atoms with Gasteiger partial charge in [0, 0.05) is 13.2 Å². The van der Waals surface area contributed by atoms with Crippen LogP contribution < -0.4 is 5.32 Å². The zero-order chi connectivity index (χ0) is 17.4. The summed E-state index contributed by atoms with van der Waals surface area (Å²) in [5.41, 5.74) is 0.0122. The zero-order valence-electron chi connectivity index (χ0n) is 13.5. The number of aliphatic hydroxyl groups is 1. The summed E-state index contributed by atoms with van der Waals surface area (Å²) < 4.78 is 5.51. The molecule has 1 aliphatic carbocycles. The van der Waals surface area contributed by atoms with Crippen molar-refractivity contribution in [3.63, 3.8) is 0 Å². The normalized spacial score (nSPS) is 18.1. The molecule has 2 rings (SSSR count). The number of allylic oxidation sites excluding steroid dienone is 2. The molecule has 3 N–H and O–H groups in total. The van der Waals surface area contributed by atoms with Gasteiger partial charge >= 0.3 is 5.97 Å². The molecule has 0 fully saturated rings. The van der Waals surface area contributed by atoms with Crippen molar-refractivity contribution >= 4 is 11.9 Å². The number of benzene rings is 1. The lowest BCUT2D eigenvalue weighted by molar-refractivity contribution is 0.0201. The Morgan fingerprint density at radius 3 is 2.67 bits per heavy atom. The summed E-state index contributed by atoms with van der Waals surface area (Å²) in [7, 11) is 0. The minimum absolute atomic E-state index is 0.0113. The third kappa shape index (κ3) is 5.47. The first-order valence-corrected chi connectivity index (χ1v) is 8.09. The van der Waals surface area contributed by atoms with Gasteiger partial charge in [0.05, 0.1) is 23.8 Å². The van der Waals surface area contributed by atoms with Gasteiger partial charge < -0.3 is 20.3 Å². The number of hydrogen-bond donors (Lipinski definition) is 3. The van der Waals surface area contributed by atoms with E-state index in [0.717, 1.165) is 19.3 Å². The SMILES string of the molecule is O=C(O)c1ccccc1C(=O)NC[C@@H](O)COC[C@H]1CC=CCC1. The number of ether oxygens (including phenoxy) is 1. The minimum Gasteiger partial charge on any atom is -0.478 e. The molecule has 0 aliphatic heterocycles. The quantitative estimate of drug-likeness (QED) is 0.631. The molecule has 6 nitrogen and oxygen atoms in total. The second kappa shape index (κ2) is 9.20. The van der Waals surface area contributed by atoms with E-state index in [2.05, 4.69) is 17.5 Å². The van der Waals surface area contributed by atoms with Gasteiger partial charge in [-0.05, 0) is 37.3 Å². The van der Waals surface area contributed by atoms with Crippen molar-refractivity contribution in [1.82, 2.24) is 5.32 Å². The summed E-state index contributed by atoms with van der Waals surface area (Å²) in [4.78, 5) is 23.2. The van der Waals surface area contributed by atoms with Crippen molar-refractivity contribution in [1.29, 1.82) is 0 Å². The second-order valence-corrected chi connectivity index (χ2v) is 5.90. The fraction of sp³-hybridized carbons (Fsp3) is 0.444. The van der Waals surface area contributed by atoms with Crippen LogP contribution in [0.5, 0.6) is 0 Å². The lowest BCUT2D eigenvalue weighted by atomic mass is 9.95. The minimum atomic E-state index is -1.16. The molecular formula is C18H23NO5. The molecule has 0 aromatic heterocycles. The number of carbonyl (C=O) groups excluding carboxylic acids is 1. The molecule has 0 heterocycles. The van der Waals surface area contributed by atoms with Crippen LogP contribution >= 0.6 is 0 Å². The zero-order valence-corrected chi connectivity index (χ0v) is 13.5. The predicted molar refractivity (Wildman–Crippen MR) is 89.0 cm³/mol. The molecule has 1 amide bonds. The topological polar surface area (TPSA) is 95.9 Å². The maximum atomic E-state index is 12.1. The molecule has 0 saturated heterocycles. The molecule has 2 atom stereocenters. The Morgan fingerprint density at radius 2 is 2.00 bits per heavy atom. The summed E-state index contributed by atoms with van der Waals surface area (Å²) >= 11 is 0. The van der Waals surface area contributed by atoms with Crippen LogP contribution in [-0.2, 0) is 4.74 Å². The summed E-state index contributed by atoms with van der Waals surface area (Å²) in [5, 5.41) is 21.5. The first-order valence-electron chi connectivity index (χ1n) is 8.09. The van der Waals surface area contributed by atoms with E-state index in [9.17, 15) is 14.7 Å². The van der Waals surface area contributed by atoms with Crippen LogP contribution in [0.2, 0.25) is 0 Å². The van der Waals surface area contributed by atoms with Gasteiger partial charge in [-0.2, -0.15) is 0 Å². The fourth-order valence-electron chi connectivity index (χ4n) is 2.61. The van der Waals surface area contributed by atoms with Gasteiger partial charge in [0.25, 0.3) is 5.91 Å². The highest BCUT2D eigenvalue weighted by molar-refractivity contribution is 6.04. The molecule has 0 radical (unpaired) electrons. The number of rotatable bonds is 8. The van der Waals surface area contributed by atoms with Crippen LogP contribution in [0.15, 0.2) is 36.4 Å². The van der Waals surface area contributed by atoms with E-state index >= 15 is 0 Å². The van der Waals surface area contributed by atoms with Gasteiger partial charge in [-0.15, -0.1) is 0 Å². The predicted octanol–water partition coefficient (Wildman–Crippen LogP) is 1.85. The summed E-state index contributed by atoms with van der Waals surface area (Å²) in [5.74, 6) is -1.20. The molecule has 1 aliphatic rings. The van der Waals surface area contributed by atoms with Crippen molar-refractivity contribution in [2.75, 3.05) is 19.8 Å². The molecule has 130 valence electrons. The molecule has 0 unspecified atom stereocenters. The summed E-state index contributed by atoms with van der Waals surface area (Å²) in [6.07, 6.45) is 6.64. The number of carboxylic acid groups (broad SMARTS) is 1. The van der Waals surface area contributed by atoms with E-state index < -0.39 is 18.0 Å². The molecule has 1 aromatic carbocycles. The number of amides is 1. The number of aliphatic hydroxyl groups excluding tert-OH is 1. The molecular weight excluding hydrogens is 310 g/mol. The van der Waals surface area contributed by atoms with Gasteiger partial charge in [0.2, 0.25) is 0 Å². The Hall–Kier alpha value is -2.18. The first kappa shape index (κ1) is 18.2. The number of carboxylic acids is 1. The van der Waals surface area contributed by atoms with Gasteiger partial charge in [0.1, 0.15) is 0 Å². The van der Waals surface area contributed by atoms with Crippen LogP contribution in [0.25, 0.3) is 0 Å². The second-order valence-electron chi connectivity index (χ2n) is 5.90. The molecule has 0 spiro atoms. The van der Waals surface area contributed by atoms with Crippen molar-refractivity contribution in [2.24, 2.45) is 5.92 Å². The standard InChI is InChI=1S/C18H23NO5/c20-14(12-24-11-13-6-2-1-3-7-13)10-19-17(21)15-8-4-5-9-16(15)18(22)23/h1-2,4-5,8-9,13-14,20H,3,6-7,10-12H2,(H,19,21)(H,22,23)/t13-,14+/m0/s1. The van der Waals surface area contributed by atoms with E-state index in [4.69, 9.17) is 9.84 Å². The molecule has 0 bridgehead atoms. The van der Waals surface area contributed by atoms with E-state index in [1.807, 2.05) is 0 Å². The number of hydrogen-bond acceptors (Lipinski definition) is 4. The van der Waals surface area contributed by atoms with Crippen LogP contribution in [0, 0.1) is 5.92 Å². The maximum Gasteiger partial charge on any atom is 0.336 e. The van der Waals surface area contributed by atoms with Gasteiger partial charge in [-0.3, -0.25) is 4.79 Å². The molecule has 0 saturated carbocycles. The maximum absolute atomic E-state index is 12.1. The van der Waals surface area contributed by atoms with Crippen molar-refractivity contribution < 1.29 is 24.5 Å². The molecule has 1 aromatic rings. The van der Waals surface area contributed by atoms with Crippen molar-refractivity contribution in [3.8, 4) is 0 Å². The van der Waals surface area contributed by atoms with E-state index in [1.165, 1.54) is 12.1 Å². The highest BCUT2D eigenvalue weighted by Gasteiger charge is 2.17. The lowest BCUT2D eigenvalue weighted by Crippen LogP contribution is -2.35. The van der Waals surface area contributed by atoms with Crippen LogP contribution in [0.3, 0.4) is 0 Å². The first-order chi connectivity index (χ1) is 11.6. The van der Waals surface area contributed by atoms with Crippen molar-refractivity contribution in [2.45, 2.75) is 25.4 Å². The Kier molecular flexibility index (Phi) is 6.96. The highest BCUT2D eigenvalue weighted by Crippen LogP contribution is 2.18. The smallest absolute Gasteiger partial charge is 0.336 e. The Balaban J connectivity index is 1.73. The molecule has 24 heavy (non-hydrogen) atoms. The lowest BCUT2D eigenvalue weighted by Gasteiger charge is -2.19. The van der Waals surface area contributed by atoms with Crippen LogP contribution in [-0.4, -0.2) is 48.0 Å². The van der Waals surface area contributed by atoms with E-state index in [0.29, 0.717) is 12.5 Å². The number of aromatic carboxylic acids is 1. The van der Waals surface area contributed by atoms with Crippen LogP contribution in [0.1, 0.15) is 40.0 Å². The summed E-state index contributed by atoms with van der Waals surface area (Å²) in [6.45, 7) is 0.746. The largest absolute Gasteiger partial charge is 0.478 e. The van der Waals surface area contributed by atoms with Gasteiger partial charge in [0.15, 0.2) is 0 Å². The van der Waals surface area contributed by atoms with E-state index in [1.54, 1.807) is 12.1 Å². The van der Waals surface area contributed by atoms with E-state index in [-0.39, 0.29) is 24.3 Å². The third-order valence-electron chi connectivity index (χ3n) is 3.94. The van der Waals surface area contributed by atoms with Crippen molar-refractivity contribution in [3.05, 3.63) is 47.5 Å². The van der Waals surface area contributed by atoms with Gasteiger partial charge in [-0.1, -0.05) is 24.3 Å². The Bertz CT molecular complexity index is 599. The Labute approximate surface area is 141 Å². The monoisotopic (exact) mass is 333 g/mol. The van der Waals surface area contributed by atoms with Gasteiger partial charge in [-0.25, -0.2) is 4.79 Å². The highest BCUT2D eigenvalue weighted by atomic mass is 16.5. The Morgan fingerprint density at radius 1 is 1.25 bits per heavy atom.